The summed E-state index contributed by atoms with van der Waals surface area (Å²) in [5, 5.41) is 0. The molecule has 1 amide bonds. The zero-order chi connectivity index (χ0) is 26.8. The molecule has 0 bridgehead atoms. The fourth-order valence-corrected chi connectivity index (χ4v) is 6.68. The summed E-state index contributed by atoms with van der Waals surface area (Å²) in [7, 11) is 3.95. The largest absolute Gasteiger partial charge is 0.496 e. The van der Waals surface area contributed by atoms with Gasteiger partial charge in [-0.2, -0.15) is 4.98 Å². The first kappa shape index (κ1) is 25.7. The van der Waals surface area contributed by atoms with Crippen LogP contribution in [-0.4, -0.2) is 73.6 Å². The van der Waals surface area contributed by atoms with Gasteiger partial charge in [0.1, 0.15) is 18.2 Å². The summed E-state index contributed by atoms with van der Waals surface area (Å²) in [6.07, 6.45) is 2.97. The van der Waals surface area contributed by atoms with E-state index in [1.54, 1.807) is 7.11 Å². The Morgan fingerprint density at radius 1 is 0.949 bits per heavy atom. The van der Waals surface area contributed by atoms with Crippen LogP contribution >= 0.6 is 0 Å². The van der Waals surface area contributed by atoms with E-state index in [1.165, 1.54) is 11.1 Å². The molecule has 7 nitrogen and oxygen atoms in total. The number of methoxy groups -OCH3 is 1. The zero-order valence-electron chi connectivity index (χ0n) is 23.0. The number of pyridine rings is 1. The van der Waals surface area contributed by atoms with E-state index in [1.807, 2.05) is 48.5 Å². The molecule has 1 aromatic heterocycles. The van der Waals surface area contributed by atoms with E-state index >= 15 is 0 Å². The van der Waals surface area contributed by atoms with Crippen LogP contribution in [0.25, 0.3) is 0 Å². The van der Waals surface area contributed by atoms with E-state index in [0.29, 0.717) is 30.4 Å². The highest BCUT2D eigenvalue weighted by Crippen LogP contribution is 2.40. The Bertz CT molecular complexity index is 1290. The molecule has 2 aliphatic heterocycles. The molecular formula is C32H38N4O3. The first-order chi connectivity index (χ1) is 19.1. The number of piperidine rings is 1. The third-order valence-electron chi connectivity index (χ3n) is 8.75. The summed E-state index contributed by atoms with van der Waals surface area (Å²) in [6.45, 7) is 4.33. The molecule has 2 fully saturated rings. The third kappa shape index (κ3) is 5.46. The average molecular weight is 527 g/mol. The number of benzene rings is 2. The van der Waals surface area contributed by atoms with Gasteiger partial charge in [0.2, 0.25) is 11.8 Å². The van der Waals surface area contributed by atoms with Gasteiger partial charge in [0.25, 0.3) is 0 Å². The van der Waals surface area contributed by atoms with E-state index in [9.17, 15) is 4.79 Å². The van der Waals surface area contributed by atoms with Gasteiger partial charge < -0.3 is 24.2 Å². The monoisotopic (exact) mass is 526 g/mol. The Hall–Kier alpha value is -3.58. The van der Waals surface area contributed by atoms with Gasteiger partial charge in [-0.25, -0.2) is 0 Å². The second-order valence-electron chi connectivity index (χ2n) is 11.1. The van der Waals surface area contributed by atoms with E-state index < -0.39 is 0 Å². The topological polar surface area (TPSA) is 58.1 Å². The summed E-state index contributed by atoms with van der Waals surface area (Å²) >= 11 is 0. The highest BCUT2D eigenvalue weighted by Gasteiger charge is 2.41. The predicted molar refractivity (Wildman–Crippen MR) is 152 cm³/mol. The Morgan fingerprint density at radius 3 is 2.54 bits per heavy atom. The van der Waals surface area contributed by atoms with Crippen LogP contribution in [0.2, 0.25) is 0 Å². The lowest BCUT2D eigenvalue weighted by atomic mass is 9.72. The minimum atomic E-state index is 0.0481. The lowest BCUT2D eigenvalue weighted by molar-refractivity contribution is -0.139. The minimum absolute atomic E-state index is 0.0481. The number of aromatic nitrogens is 1. The first-order valence-corrected chi connectivity index (χ1v) is 14.1. The second kappa shape index (κ2) is 11.3. The van der Waals surface area contributed by atoms with Crippen LogP contribution in [0, 0.1) is 11.8 Å². The molecule has 3 heterocycles. The van der Waals surface area contributed by atoms with Crippen LogP contribution in [-0.2, 0) is 24.2 Å². The molecular weight excluding hydrogens is 488 g/mol. The van der Waals surface area contributed by atoms with Crippen LogP contribution in [0.4, 0.5) is 5.82 Å². The van der Waals surface area contributed by atoms with Crippen LogP contribution in [0.15, 0.2) is 66.7 Å². The fraction of sp³-hybridized carbons (Fsp3) is 0.438. The minimum Gasteiger partial charge on any atom is -0.496 e. The van der Waals surface area contributed by atoms with Gasteiger partial charge in [-0.15, -0.1) is 0 Å². The number of hydrogen-bond donors (Lipinski definition) is 0. The Kier molecular flexibility index (Phi) is 7.42. The number of carbonyl (C=O) groups excluding carboxylic acids is 1. The molecule has 0 radical (unpaired) electrons. The first-order valence-electron chi connectivity index (χ1n) is 14.1. The summed E-state index contributed by atoms with van der Waals surface area (Å²) in [5.41, 5.74) is 3.85. The lowest BCUT2D eigenvalue weighted by Gasteiger charge is -2.47. The summed E-state index contributed by atoms with van der Waals surface area (Å²) in [6, 6.07) is 22.9. The van der Waals surface area contributed by atoms with E-state index in [2.05, 4.69) is 39.9 Å². The smallest absolute Gasteiger partial charge is 0.227 e. The molecule has 3 aromatic rings. The quantitative estimate of drug-likeness (QED) is 0.483. The van der Waals surface area contributed by atoms with Crippen molar-refractivity contribution in [3.8, 4) is 11.6 Å². The molecule has 204 valence electrons. The molecule has 7 heteroatoms. The maximum absolute atomic E-state index is 13.7. The molecule has 39 heavy (non-hydrogen) atoms. The number of ether oxygens (including phenoxy) is 2. The lowest BCUT2D eigenvalue weighted by Crippen LogP contribution is -2.56. The molecule has 1 aliphatic carbocycles. The number of carbonyl (C=O) groups is 1. The van der Waals surface area contributed by atoms with Crippen molar-refractivity contribution in [1.82, 2.24) is 14.8 Å². The number of piperazine rings is 1. The summed E-state index contributed by atoms with van der Waals surface area (Å²) in [5.74, 6) is 3.35. The van der Waals surface area contributed by atoms with Crippen molar-refractivity contribution in [1.29, 1.82) is 0 Å². The third-order valence-corrected chi connectivity index (χ3v) is 8.75. The molecule has 3 aliphatic rings. The number of likely N-dealkylation sites (N-methyl/N-ethyl adjacent to an activating group) is 1. The van der Waals surface area contributed by atoms with Crippen molar-refractivity contribution in [2.75, 3.05) is 51.8 Å². The maximum atomic E-state index is 13.7. The van der Waals surface area contributed by atoms with Crippen molar-refractivity contribution < 1.29 is 14.3 Å². The maximum Gasteiger partial charge on any atom is 0.227 e. The van der Waals surface area contributed by atoms with Crippen LogP contribution in [0.3, 0.4) is 0 Å². The van der Waals surface area contributed by atoms with Crippen molar-refractivity contribution in [2.45, 2.75) is 31.9 Å². The highest BCUT2D eigenvalue weighted by atomic mass is 16.5. The van der Waals surface area contributed by atoms with Gasteiger partial charge in [0.15, 0.2) is 0 Å². The van der Waals surface area contributed by atoms with Gasteiger partial charge in [-0.05, 0) is 61.1 Å². The molecule has 2 aromatic carbocycles. The van der Waals surface area contributed by atoms with Crippen LogP contribution < -0.4 is 14.4 Å². The average Bonchev–Trinajstić information content (AvgIpc) is 2.99. The standard InChI is InChI=1S/C32H38N4O3/c1-34-21-26(18-25-19-27-24(20-28(25)34)10-6-11-29(27)38-2)32(37)36-16-14-35(15-17-36)30-12-7-13-31(33-30)39-22-23-8-4-3-5-9-23/h3-13,25-26,28H,14-22H2,1-2H3/t25-,26-,28-/m1/s1. The molecule has 0 saturated carbocycles. The van der Waals surface area contributed by atoms with E-state index in [-0.39, 0.29) is 5.92 Å². The number of likely N-dealkylation sites (tertiary alicyclic amines) is 1. The van der Waals surface area contributed by atoms with E-state index in [0.717, 1.165) is 69.1 Å². The summed E-state index contributed by atoms with van der Waals surface area (Å²) in [4.78, 5) is 25.2. The Morgan fingerprint density at radius 2 is 1.74 bits per heavy atom. The van der Waals surface area contributed by atoms with Crippen molar-refractivity contribution in [3.63, 3.8) is 0 Å². The number of anilines is 1. The molecule has 0 spiro atoms. The normalized spacial score (nSPS) is 23.1. The Labute approximate surface area is 231 Å². The van der Waals surface area contributed by atoms with Crippen molar-refractivity contribution >= 4 is 11.7 Å². The molecule has 3 atom stereocenters. The number of amides is 1. The number of hydrogen-bond acceptors (Lipinski definition) is 6. The molecule has 2 saturated heterocycles. The van der Waals surface area contributed by atoms with Gasteiger partial charge in [-0.3, -0.25) is 4.79 Å². The van der Waals surface area contributed by atoms with Crippen LogP contribution in [0.5, 0.6) is 11.6 Å². The second-order valence-corrected chi connectivity index (χ2v) is 11.1. The van der Waals surface area contributed by atoms with Gasteiger partial charge in [-0.1, -0.05) is 48.5 Å². The van der Waals surface area contributed by atoms with Crippen molar-refractivity contribution in [3.05, 3.63) is 83.4 Å². The number of rotatable bonds is 6. The van der Waals surface area contributed by atoms with Gasteiger partial charge in [0.05, 0.1) is 13.0 Å². The predicted octanol–water partition coefficient (Wildman–Crippen LogP) is 4.05. The zero-order valence-corrected chi connectivity index (χ0v) is 23.0. The fourth-order valence-electron chi connectivity index (χ4n) is 6.68. The molecule has 0 N–H and O–H groups in total. The number of fused-ring (bicyclic) bond motifs is 2. The molecule has 6 rings (SSSR count). The van der Waals surface area contributed by atoms with E-state index in [4.69, 9.17) is 14.5 Å². The highest BCUT2D eigenvalue weighted by molar-refractivity contribution is 5.79. The Balaban J connectivity index is 1.05. The van der Waals surface area contributed by atoms with Crippen LogP contribution in [0.1, 0.15) is 23.1 Å². The molecule has 0 unspecified atom stereocenters. The van der Waals surface area contributed by atoms with Crippen molar-refractivity contribution in [2.24, 2.45) is 11.8 Å². The summed E-state index contributed by atoms with van der Waals surface area (Å²) < 4.78 is 11.6. The van der Waals surface area contributed by atoms with Gasteiger partial charge >= 0.3 is 0 Å². The number of nitrogens with zero attached hydrogens (tertiary/aromatic N) is 4. The SMILES string of the molecule is COc1cccc2c1C[C@H]1C[C@@H](C(=O)N3CCN(c4cccc(OCc5ccccc5)n4)CC3)CN(C)[C@@H]1C2. The van der Waals surface area contributed by atoms with Gasteiger partial charge in [0, 0.05) is 44.8 Å².